The molecule has 1 aliphatic heterocycles. The van der Waals surface area contributed by atoms with Gasteiger partial charge in [-0.3, -0.25) is 10.1 Å². The van der Waals surface area contributed by atoms with E-state index in [0.717, 1.165) is 25.1 Å². The number of hydrogen-bond acceptors (Lipinski definition) is 5. The predicted molar refractivity (Wildman–Crippen MR) is 85.3 cm³/mol. The Morgan fingerprint density at radius 2 is 2.26 bits per heavy atom. The standard InChI is InChI=1S/C15H21N3O5/c1-10(2)23-14-8-12(5-6-13(14)18(21)22)17-7-3-4-11(9-17)16-15(19)20/h5-6,8,10-11,16H,3-4,7,9H2,1-2H3,(H,19,20)/t11-/m1/s1. The fourth-order valence-electron chi connectivity index (χ4n) is 2.70. The molecule has 0 bridgehead atoms. The number of carboxylic acid groups (broad SMARTS) is 1. The molecule has 1 heterocycles. The first kappa shape index (κ1) is 16.9. The lowest BCUT2D eigenvalue weighted by molar-refractivity contribution is -0.386. The molecule has 1 aromatic carbocycles. The Morgan fingerprint density at radius 1 is 1.52 bits per heavy atom. The maximum Gasteiger partial charge on any atom is 0.404 e. The number of nitro benzene ring substituents is 1. The van der Waals surface area contributed by atoms with Gasteiger partial charge in [0.05, 0.1) is 11.0 Å². The van der Waals surface area contributed by atoms with E-state index in [1.165, 1.54) is 6.07 Å². The van der Waals surface area contributed by atoms with Crippen LogP contribution in [0.15, 0.2) is 18.2 Å². The predicted octanol–water partition coefficient (Wildman–Crippen LogP) is 2.62. The van der Waals surface area contributed by atoms with E-state index in [0.29, 0.717) is 6.54 Å². The van der Waals surface area contributed by atoms with Crippen molar-refractivity contribution in [1.82, 2.24) is 5.32 Å². The van der Waals surface area contributed by atoms with Crippen LogP contribution in [0.2, 0.25) is 0 Å². The molecule has 126 valence electrons. The quantitative estimate of drug-likeness (QED) is 0.637. The summed E-state index contributed by atoms with van der Waals surface area (Å²) >= 11 is 0. The zero-order valence-electron chi connectivity index (χ0n) is 13.2. The van der Waals surface area contributed by atoms with Gasteiger partial charge in [0.2, 0.25) is 0 Å². The molecule has 0 unspecified atom stereocenters. The molecule has 8 heteroatoms. The van der Waals surface area contributed by atoms with Crippen molar-refractivity contribution in [3.63, 3.8) is 0 Å². The molecule has 0 radical (unpaired) electrons. The second kappa shape index (κ2) is 7.17. The molecule has 23 heavy (non-hydrogen) atoms. The monoisotopic (exact) mass is 323 g/mol. The smallest absolute Gasteiger partial charge is 0.404 e. The van der Waals surface area contributed by atoms with Crippen molar-refractivity contribution >= 4 is 17.5 Å². The van der Waals surface area contributed by atoms with Crippen LogP contribution in [-0.4, -0.2) is 41.4 Å². The number of piperidine rings is 1. The first-order valence-corrected chi connectivity index (χ1v) is 7.56. The maximum atomic E-state index is 11.1. The van der Waals surface area contributed by atoms with Gasteiger partial charge in [-0.05, 0) is 32.8 Å². The van der Waals surface area contributed by atoms with E-state index in [1.54, 1.807) is 12.1 Å². The van der Waals surface area contributed by atoms with Crippen LogP contribution in [0.1, 0.15) is 26.7 Å². The number of nitro groups is 1. The summed E-state index contributed by atoms with van der Waals surface area (Å²) in [5, 5.41) is 22.4. The molecule has 0 spiro atoms. The van der Waals surface area contributed by atoms with Gasteiger partial charge in [-0.1, -0.05) is 0 Å². The molecule has 1 atom stereocenters. The lowest BCUT2D eigenvalue weighted by Crippen LogP contribution is -2.47. The SMILES string of the molecule is CC(C)Oc1cc(N2CCC[C@@H](NC(=O)O)C2)ccc1[N+](=O)[O-]. The lowest BCUT2D eigenvalue weighted by atomic mass is 10.0. The van der Waals surface area contributed by atoms with Crippen LogP contribution in [-0.2, 0) is 0 Å². The maximum absolute atomic E-state index is 11.1. The number of nitrogens with zero attached hydrogens (tertiary/aromatic N) is 2. The van der Waals surface area contributed by atoms with Crippen LogP contribution >= 0.6 is 0 Å². The van der Waals surface area contributed by atoms with Crippen molar-refractivity contribution in [2.24, 2.45) is 0 Å². The number of hydrogen-bond donors (Lipinski definition) is 2. The van der Waals surface area contributed by atoms with Crippen molar-refractivity contribution in [2.75, 3.05) is 18.0 Å². The molecule has 8 nitrogen and oxygen atoms in total. The van der Waals surface area contributed by atoms with E-state index in [1.807, 2.05) is 18.7 Å². The van der Waals surface area contributed by atoms with E-state index in [9.17, 15) is 14.9 Å². The van der Waals surface area contributed by atoms with Crippen LogP contribution in [0, 0.1) is 10.1 Å². The Labute approximate surface area is 134 Å². The Bertz CT molecular complexity index is 590. The van der Waals surface area contributed by atoms with Gasteiger partial charge in [-0.2, -0.15) is 0 Å². The summed E-state index contributed by atoms with van der Waals surface area (Å²) in [7, 11) is 0. The van der Waals surface area contributed by atoms with Crippen LogP contribution in [0.5, 0.6) is 5.75 Å². The van der Waals surface area contributed by atoms with Crippen LogP contribution in [0.25, 0.3) is 0 Å². The molecule has 1 aromatic rings. The van der Waals surface area contributed by atoms with Gasteiger partial charge in [-0.15, -0.1) is 0 Å². The molecule has 1 fully saturated rings. The first-order chi connectivity index (χ1) is 10.9. The molecule has 2 rings (SSSR count). The summed E-state index contributed by atoms with van der Waals surface area (Å²) < 4.78 is 5.55. The van der Waals surface area contributed by atoms with Crippen LogP contribution < -0.4 is 15.0 Å². The van der Waals surface area contributed by atoms with E-state index in [4.69, 9.17) is 9.84 Å². The minimum absolute atomic E-state index is 0.0697. The third kappa shape index (κ3) is 4.48. The zero-order valence-corrected chi connectivity index (χ0v) is 13.2. The van der Waals surface area contributed by atoms with Crippen LogP contribution in [0.4, 0.5) is 16.2 Å². The highest BCUT2D eigenvalue weighted by molar-refractivity contribution is 5.65. The Kier molecular flexibility index (Phi) is 5.25. The molecule has 1 aliphatic rings. The minimum atomic E-state index is -1.04. The van der Waals surface area contributed by atoms with E-state index in [-0.39, 0.29) is 23.6 Å². The topological polar surface area (TPSA) is 105 Å². The van der Waals surface area contributed by atoms with E-state index < -0.39 is 11.0 Å². The zero-order chi connectivity index (χ0) is 17.0. The van der Waals surface area contributed by atoms with Gasteiger partial charge >= 0.3 is 11.8 Å². The average molecular weight is 323 g/mol. The van der Waals surface area contributed by atoms with Crippen molar-refractivity contribution in [3.05, 3.63) is 28.3 Å². The second-order valence-electron chi connectivity index (χ2n) is 5.81. The molecule has 0 saturated carbocycles. The third-order valence-electron chi connectivity index (χ3n) is 3.62. The minimum Gasteiger partial charge on any atom is -0.484 e. The molecule has 1 saturated heterocycles. The van der Waals surface area contributed by atoms with Gasteiger partial charge in [0, 0.05) is 37.0 Å². The number of amides is 1. The highest BCUT2D eigenvalue weighted by atomic mass is 16.6. The van der Waals surface area contributed by atoms with Gasteiger partial charge < -0.3 is 20.1 Å². The number of anilines is 1. The molecule has 0 aromatic heterocycles. The van der Waals surface area contributed by atoms with Gasteiger partial charge in [0.15, 0.2) is 5.75 Å². The van der Waals surface area contributed by atoms with E-state index >= 15 is 0 Å². The molecular formula is C15H21N3O5. The summed E-state index contributed by atoms with van der Waals surface area (Å²) in [6.45, 7) is 4.93. The highest BCUT2D eigenvalue weighted by Gasteiger charge is 2.24. The number of ether oxygens (including phenoxy) is 1. The fraction of sp³-hybridized carbons (Fsp3) is 0.533. The molecule has 0 aliphatic carbocycles. The third-order valence-corrected chi connectivity index (χ3v) is 3.62. The average Bonchev–Trinajstić information content (AvgIpc) is 2.45. The largest absolute Gasteiger partial charge is 0.484 e. The normalized spacial score (nSPS) is 17.9. The van der Waals surface area contributed by atoms with Gasteiger partial charge in [-0.25, -0.2) is 4.79 Å². The lowest BCUT2D eigenvalue weighted by Gasteiger charge is -2.34. The summed E-state index contributed by atoms with van der Waals surface area (Å²) in [4.78, 5) is 23.4. The Hall–Kier alpha value is -2.51. The number of nitrogens with one attached hydrogen (secondary N) is 1. The van der Waals surface area contributed by atoms with Crippen molar-refractivity contribution < 1.29 is 19.6 Å². The summed E-state index contributed by atoms with van der Waals surface area (Å²) in [5.74, 6) is 0.232. The van der Waals surface area contributed by atoms with E-state index in [2.05, 4.69) is 5.32 Å². The number of benzene rings is 1. The summed E-state index contributed by atoms with van der Waals surface area (Å²) in [6, 6.07) is 4.61. The second-order valence-corrected chi connectivity index (χ2v) is 5.81. The van der Waals surface area contributed by atoms with Crippen molar-refractivity contribution in [2.45, 2.75) is 38.8 Å². The molecular weight excluding hydrogens is 302 g/mol. The molecule has 1 amide bonds. The highest BCUT2D eigenvalue weighted by Crippen LogP contribution is 2.33. The number of rotatable bonds is 5. The Morgan fingerprint density at radius 3 is 2.87 bits per heavy atom. The summed E-state index contributed by atoms with van der Waals surface area (Å²) in [6.07, 6.45) is 0.420. The summed E-state index contributed by atoms with van der Waals surface area (Å²) in [5.41, 5.74) is 0.725. The Balaban J connectivity index is 2.21. The molecule has 2 N–H and O–H groups in total. The van der Waals surface area contributed by atoms with Gasteiger partial charge in [0.25, 0.3) is 0 Å². The van der Waals surface area contributed by atoms with Crippen molar-refractivity contribution in [1.29, 1.82) is 0 Å². The van der Waals surface area contributed by atoms with Gasteiger partial charge in [0.1, 0.15) is 0 Å². The van der Waals surface area contributed by atoms with Crippen LogP contribution in [0.3, 0.4) is 0 Å². The fourth-order valence-corrected chi connectivity index (χ4v) is 2.70. The first-order valence-electron chi connectivity index (χ1n) is 7.56. The van der Waals surface area contributed by atoms with Crippen molar-refractivity contribution in [3.8, 4) is 5.75 Å². The number of carbonyl (C=O) groups is 1.